The largest absolute Gasteiger partial charge is 0.464 e. The number of carbonyl (C=O) groups excluding carboxylic acids is 2. The molecular formula is C18H28N4O4S. The van der Waals surface area contributed by atoms with E-state index < -0.39 is 5.97 Å². The van der Waals surface area contributed by atoms with Gasteiger partial charge >= 0.3 is 12.1 Å². The molecule has 3 heterocycles. The molecule has 8 nitrogen and oxygen atoms in total. The third kappa shape index (κ3) is 4.90. The van der Waals surface area contributed by atoms with Crippen LogP contribution in [-0.2, 0) is 9.47 Å². The number of thiazole rings is 1. The Labute approximate surface area is 164 Å². The summed E-state index contributed by atoms with van der Waals surface area (Å²) >= 11 is 1.43. The van der Waals surface area contributed by atoms with Crippen LogP contribution in [0.2, 0.25) is 0 Å². The number of esters is 1. The number of carbonyl (C=O) groups is 2. The average Bonchev–Trinajstić information content (AvgIpc) is 3.18. The number of piperazine rings is 1. The second-order valence-corrected chi connectivity index (χ2v) is 8.03. The number of aromatic nitrogens is 1. The van der Waals surface area contributed by atoms with Crippen LogP contribution in [0.25, 0.3) is 0 Å². The summed E-state index contributed by atoms with van der Waals surface area (Å²) in [5, 5.41) is 2.52. The summed E-state index contributed by atoms with van der Waals surface area (Å²) in [4.78, 5) is 34.6. The molecule has 0 unspecified atom stereocenters. The monoisotopic (exact) mass is 396 g/mol. The standard InChI is InChI=1S/C18H28N4O4S/c1-13(2)20-8-10-22(11-9-20)18(24)26-14-4-6-21(7-5-14)17-19-15(12-27-17)16(23)25-3/h12-14H,4-11H2,1-3H3. The molecule has 0 N–H and O–H groups in total. The van der Waals surface area contributed by atoms with E-state index in [2.05, 4.69) is 28.6 Å². The fraction of sp³-hybridized carbons (Fsp3) is 0.722. The molecule has 2 aliphatic heterocycles. The van der Waals surface area contributed by atoms with Crippen LogP contribution < -0.4 is 4.90 Å². The number of piperidine rings is 1. The predicted octanol–water partition coefficient (Wildman–Crippen LogP) is 2.06. The summed E-state index contributed by atoms with van der Waals surface area (Å²) in [6.45, 7) is 9.13. The maximum Gasteiger partial charge on any atom is 0.410 e. The van der Waals surface area contributed by atoms with Crippen LogP contribution in [0.5, 0.6) is 0 Å². The Morgan fingerprint density at radius 2 is 1.81 bits per heavy atom. The second-order valence-electron chi connectivity index (χ2n) is 7.19. The fourth-order valence-electron chi connectivity index (χ4n) is 3.41. The van der Waals surface area contributed by atoms with E-state index in [1.807, 2.05) is 4.90 Å². The number of nitrogens with zero attached hydrogens (tertiary/aromatic N) is 4. The van der Waals surface area contributed by atoms with Crippen molar-refractivity contribution in [3.05, 3.63) is 11.1 Å². The van der Waals surface area contributed by atoms with Crippen molar-refractivity contribution in [3.63, 3.8) is 0 Å². The second kappa shape index (κ2) is 8.88. The van der Waals surface area contributed by atoms with Gasteiger partial charge in [-0.25, -0.2) is 14.6 Å². The normalized spacial score (nSPS) is 19.4. The van der Waals surface area contributed by atoms with Gasteiger partial charge in [0.2, 0.25) is 0 Å². The Kier molecular flexibility index (Phi) is 6.54. The van der Waals surface area contributed by atoms with Gasteiger partial charge in [-0.05, 0) is 13.8 Å². The number of hydrogen-bond donors (Lipinski definition) is 0. The minimum atomic E-state index is -0.418. The number of hydrogen-bond acceptors (Lipinski definition) is 8. The highest BCUT2D eigenvalue weighted by molar-refractivity contribution is 7.13. The van der Waals surface area contributed by atoms with Crippen molar-refractivity contribution in [3.8, 4) is 0 Å². The lowest BCUT2D eigenvalue weighted by Crippen LogP contribution is -2.51. The van der Waals surface area contributed by atoms with Crippen molar-refractivity contribution in [2.24, 2.45) is 0 Å². The van der Waals surface area contributed by atoms with Crippen LogP contribution in [0.1, 0.15) is 37.2 Å². The van der Waals surface area contributed by atoms with Gasteiger partial charge < -0.3 is 19.3 Å². The van der Waals surface area contributed by atoms with Crippen LogP contribution in [0.3, 0.4) is 0 Å². The minimum absolute atomic E-state index is 0.0584. The zero-order valence-electron chi connectivity index (χ0n) is 16.2. The number of rotatable bonds is 4. The Morgan fingerprint density at radius 3 is 2.41 bits per heavy atom. The van der Waals surface area contributed by atoms with E-state index in [0.29, 0.717) is 11.7 Å². The predicted molar refractivity (Wildman–Crippen MR) is 103 cm³/mol. The molecule has 0 radical (unpaired) electrons. The number of anilines is 1. The third-order valence-corrected chi connectivity index (χ3v) is 6.07. The third-order valence-electron chi connectivity index (χ3n) is 5.17. The SMILES string of the molecule is COC(=O)c1csc(N2CCC(OC(=O)N3CCN(C(C)C)CC3)CC2)n1. The highest BCUT2D eigenvalue weighted by Gasteiger charge is 2.28. The van der Waals surface area contributed by atoms with E-state index in [-0.39, 0.29) is 12.2 Å². The maximum absolute atomic E-state index is 12.4. The summed E-state index contributed by atoms with van der Waals surface area (Å²) in [5.41, 5.74) is 0.339. The van der Waals surface area contributed by atoms with Crippen LogP contribution in [0.4, 0.5) is 9.93 Å². The zero-order valence-corrected chi connectivity index (χ0v) is 17.0. The maximum atomic E-state index is 12.4. The summed E-state index contributed by atoms with van der Waals surface area (Å²) in [6, 6.07) is 0.512. The van der Waals surface area contributed by atoms with E-state index in [1.165, 1.54) is 18.4 Å². The molecule has 9 heteroatoms. The Hall–Kier alpha value is -1.87. The first kappa shape index (κ1) is 19.9. The Morgan fingerprint density at radius 1 is 1.15 bits per heavy atom. The molecular weight excluding hydrogens is 368 g/mol. The Balaban J connectivity index is 1.43. The lowest BCUT2D eigenvalue weighted by atomic mass is 10.1. The summed E-state index contributed by atoms with van der Waals surface area (Å²) in [5.74, 6) is -0.418. The van der Waals surface area contributed by atoms with Gasteiger partial charge in [0.25, 0.3) is 0 Å². The van der Waals surface area contributed by atoms with Gasteiger partial charge in [-0.3, -0.25) is 4.90 Å². The summed E-state index contributed by atoms with van der Waals surface area (Å²) in [7, 11) is 1.35. The van der Waals surface area contributed by atoms with Crippen molar-refractivity contribution >= 4 is 28.5 Å². The summed E-state index contributed by atoms with van der Waals surface area (Å²) < 4.78 is 10.4. The smallest absolute Gasteiger partial charge is 0.410 e. The quantitative estimate of drug-likeness (QED) is 0.721. The van der Waals surface area contributed by atoms with Crippen LogP contribution in [0, 0.1) is 0 Å². The van der Waals surface area contributed by atoms with Crippen molar-refractivity contribution in [1.29, 1.82) is 0 Å². The van der Waals surface area contributed by atoms with E-state index in [0.717, 1.165) is 57.2 Å². The van der Waals surface area contributed by atoms with Crippen molar-refractivity contribution in [2.45, 2.75) is 38.8 Å². The van der Waals surface area contributed by atoms with E-state index in [1.54, 1.807) is 5.38 Å². The van der Waals surface area contributed by atoms with Crippen LogP contribution in [0.15, 0.2) is 5.38 Å². The van der Waals surface area contributed by atoms with Gasteiger partial charge in [0.1, 0.15) is 6.10 Å². The van der Waals surface area contributed by atoms with Crippen LogP contribution in [-0.4, -0.2) is 85.4 Å². The Bertz CT molecular complexity index is 650. The van der Waals surface area contributed by atoms with Gasteiger partial charge in [0, 0.05) is 63.5 Å². The van der Waals surface area contributed by atoms with Crippen molar-refractivity contribution in [2.75, 3.05) is 51.3 Å². The number of methoxy groups -OCH3 is 1. The van der Waals surface area contributed by atoms with Crippen molar-refractivity contribution in [1.82, 2.24) is 14.8 Å². The molecule has 1 aromatic rings. The van der Waals surface area contributed by atoms with E-state index in [4.69, 9.17) is 9.47 Å². The van der Waals surface area contributed by atoms with Gasteiger partial charge in [0.05, 0.1) is 7.11 Å². The van der Waals surface area contributed by atoms with E-state index in [9.17, 15) is 9.59 Å². The molecule has 1 amide bonds. The van der Waals surface area contributed by atoms with Gasteiger partial charge in [-0.1, -0.05) is 0 Å². The molecule has 1 aromatic heterocycles. The molecule has 0 atom stereocenters. The molecule has 0 saturated carbocycles. The highest BCUT2D eigenvalue weighted by atomic mass is 32.1. The van der Waals surface area contributed by atoms with E-state index >= 15 is 0 Å². The van der Waals surface area contributed by atoms with Crippen molar-refractivity contribution < 1.29 is 19.1 Å². The molecule has 2 aliphatic rings. The first-order valence-electron chi connectivity index (χ1n) is 9.46. The van der Waals surface area contributed by atoms with Gasteiger partial charge in [0.15, 0.2) is 10.8 Å². The number of ether oxygens (including phenoxy) is 2. The molecule has 0 spiro atoms. The van der Waals surface area contributed by atoms with Crippen LogP contribution >= 0.6 is 11.3 Å². The molecule has 2 fully saturated rings. The first-order chi connectivity index (χ1) is 13.0. The molecule has 0 bridgehead atoms. The lowest BCUT2D eigenvalue weighted by molar-refractivity contribution is 0.0337. The first-order valence-corrected chi connectivity index (χ1v) is 10.3. The minimum Gasteiger partial charge on any atom is -0.464 e. The molecule has 27 heavy (non-hydrogen) atoms. The molecule has 0 aromatic carbocycles. The number of amides is 1. The molecule has 3 rings (SSSR count). The van der Waals surface area contributed by atoms with Gasteiger partial charge in [-0.2, -0.15) is 0 Å². The summed E-state index contributed by atoms with van der Waals surface area (Å²) in [6.07, 6.45) is 1.28. The molecule has 2 saturated heterocycles. The lowest BCUT2D eigenvalue weighted by Gasteiger charge is -2.37. The fourth-order valence-corrected chi connectivity index (χ4v) is 4.26. The molecule has 150 valence electrons. The molecule has 0 aliphatic carbocycles. The average molecular weight is 397 g/mol. The highest BCUT2D eigenvalue weighted by Crippen LogP contribution is 2.25. The zero-order chi connectivity index (χ0) is 19.4. The van der Waals surface area contributed by atoms with Gasteiger partial charge in [-0.15, -0.1) is 11.3 Å². The topological polar surface area (TPSA) is 75.2 Å².